The highest BCUT2D eigenvalue weighted by Gasteiger charge is 2.11. The van der Waals surface area contributed by atoms with Crippen molar-refractivity contribution in [3.63, 3.8) is 0 Å². The molecule has 2 nitrogen and oxygen atoms in total. The standard InChI is InChI=1S/C11H17NO/c1-9-7-10(13)5-6-12(9)8-11(2,3)4/h5-7H,8H2,1-4H3. The zero-order valence-electron chi connectivity index (χ0n) is 8.79. The molecule has 0 N–H and O–H groups in total. The fourth-order valence-corrected chi connectivity index (χ4v) is 1.31. The largest absolute Gasteiger partial charge is 0.351 e. The molecule has 0 radical (unpaired) electrons. The van der Waals surface area contributed by atoms with Crippen LogP contribution in [-0.2, 0) is 6.54 Å². The zero-order valence-corrected chi connectivity index (χ0v) is 8.79. The molecule has 0 unspecified atom stereocenters. The molecule has 0 atom stereocenters. The number of hydrogen-bond donors (Lipinski definition) is 0. The van der Waals surface area contributed by atoms with Gasteiger partial charge in [-0.05, 0) is 12.3 Å². The molecule has 0 bridgehead atoms. The third kappa shape index (κ3) is 3.05. The third-order valence-corrected chi connectivity index (χ3v) is 1.87. The summed E-state index contributed by atoms with van der Waals surface area (Å²) in [5, 5.41) is 0. The molecule has 72 valence electrons. The second-order valence-corrected chi connectivity index (χ2v) is 4.69. The fourth-order valence-electron chi connectivity index (χ4n) is 1.31. The van der Waals surface area contributed by atoms with E-state index in [1.54, 1.807) is 12.1 Å². The predicted octanol–water partition coefficient (Wildman–Crippen LogP) is 2.20. The van der Waals surface area contributed by atoms with Crippen LogP contribution in [0, 0.1) is 12.3 Å². The summed E-state index contributed by atoms with van der Waals surface area (Å²) in [7, 11) is 0. The Hall–Kier alpha value is -1.05. The lowest BCUT2D eigenvalue weighted by atomic mass is 9.96. The van der Waals surface area contributed by atoms with E-state index in [2.05, 4.69) is 25.3 Å². The summed E-state index contributed by atoms with van der Waals surface area (Å²) < 4.78 is 2.11. The minimum absolute atomic E-state index is 0.0858. The van der Waals surface area contributed by atoms with Gasteiger partial charge in [0, 0.05) is 30.6 Å². The summed E-state index contributed by atoms with van der Waals surface area (Å²) in [6.45, 7) is 9.46. The van der Waals surface area contributed by atoms with Crippen LogP contribution in [0.1, 0.15) is 26.5 Å². The molecule has 0 aromatic carbocycles. The normalized spacial score (nSPS) is 11.7. The van der Waals surface area contributed by atoms with Crippen molar-refractivity contribution < 1.29 is 0 Å². The van der Waals surface area contributed by atoms with Crippen molar-refractivity contribution in [1.29, 1.82) is 0 Å². The first-order valence-corrected chi connectivity index (χ1v) is 4.56. The lowest BCUT2D eigenvalue weighted by molar-refractivity contribution is 0.339. The van der Waals surface area contributed by atoms with Gasteiger partial charge in [0.15, 0.2) is 5.43 Å². The predicted molar refractivity (Wildman–Crippen MR) is 54.9 cm³/mol. The van der Waals surface area contributed by atoms with Gasteiger partial charge in [0.2, 0.25) is 0 Å². The highest BCUT2D eigenvalue weighted by Crippen LogP contribution is 2.16. The van der Waals surface area contributed by atoms with Gasteiger partial charge in [-0.15, -0.1) is 0 Å². The second kappa shape index (κ2) is 3.36. The topological polar surface area (TPSA) is 22.0 Å². The first-order chi connectivity index (χ1) is 5.88. The summed E-state index contributed by atoms with van der Waals surface area (Å²) in [4.78, 5) is 11.0. The summed E-state index contributed by atoms with van der Waals surface area (Å²) in [5.74, 6) is 0. The molecule has 1 rings (SSSR count). The van der Waals surface area contributed by atoms with Crippen LogP contribution in [0.5, 0.6) is 0 Å². The Morgan fingerprint density at radius 3 is 2.46 bits per heavy atom. The van der Waals surface area contributed by atoms with E-state index in [-0.39, 0.29) is 10.8 Å². The Morgan fingerprint density at radius 1 is 1.38 bits per heavy atom. The zero-order chi connectivity index (χ0) is 10.1. The first-order valence-electron chi connectivity index (χ1n) is 4.56. The Kier molecular flexibility index (Phi) is 2.60. The Labute approximate surface area is 79.2 Å². The molecule has 0 spiro atoms. The molecular weight excluding hydrogens is 162 g/mol. The van der Waals surface area contributed by atoms with Gasteiger partial charge in [-0.3, -0.25) is 4.79 Å². The van der Waals surface area contributed by atoms with Gasteiger partial charge >= 0.3 is 0 Å². The van der Waals surface area contributed by atoms with E-state index in [1.807, 2.05) is 13.1 Å². The maximum absolute atomic E-state index is 11.0. The monoisotopic (exact) mass is 179 g/mol. The van der Waals surface area contributed by atoms with E-state index in [1.165, 1.54) is 0 Å². The Balaban J connectivity index is 2.97. The van der Waals surface area contributed by atoms with Crippen LogP contribution in [0.25, 0.3) is 0 Å². The van der Waals surface area contributed by atoms with Crippen molar-refractivity contribution in [2.45, 2.75) is 34.2 Å². The molecule has 1 aromatic rings. The maximum Gasteiger partial charge on any atom is 0.181 e. The van der Waals surface area contributed by atoms with E-state index >= 15 is 0 Å². The average Bonchev–Trinajstić information content (AvgIpc) is 1.93. The summed E-state index contributed by atoms with van der Waals surface area (Å²) in [5.41, 5.74) is 1.37. The summed E-state index contributed by atoms with van der Waals surface area (Å²) in [6.07, 6.45) is 1.86. The van der Waals surface area contributed by atoms with Gasteiger partial charge in [0.1, 0.15) is 0 Å². The van der Waals surface area contributed by atoms with Gasteiger partial charge in [0.05, 0.1) is 0 Å². The maximum atomic E-state index is 11.0. The van der Waals surface area contributed by atoms with Crippen LogP contribution in [-0.4, -0.2) is 4.57 Å². The van der Waals surface area contributed by atoms with Gasteiger partial charge < -0.3 is 4.57 Å². The summed E-state index contributed by atoms with van der Waals surface area (Å²) in [6, 6.07) is 3.28. The second-order valence-electron chi connectivity index (χ2n) is 4.69. The molecule has 0 aliphatic heterocycles. The SMILES string of the molecule is Cc1cc(=O)ccn1CC(C)(C)C. The van der Waals surface area contributed by atoms with Crippen LogP contribution in [0.4, 0.5) is 0 Å². The average molecular weight is 179 g/mol. The van der Waals surface area contributed by atoms with Gasteiger partial charge in [-0.1, -0.05) is 20.8 Å². The molecule has 0 aliphatic carbocycles. The number of aryl methyl sites for hydroxylation is 1. The number of rotatable bonds is 1. The summed E-state index contributed by atoms with van der Waals surface area (Å²) >= 11 is 0. The van der Waals surface area contributed by atoms with E-state index in [9.17, 15) is 4.79 Å². The van der Waals surface area contributed by atoms with Crippen molar-refractivity contribution in [2.24, 2.45) is 5.41 Å². The molecule has 0 amide bonds. The molecule has 1 heterocycles. The minimum atomic E-state index is 0.0858. The number of hydrogen-bond acceptors (Lipinski definition) is 1. The molecule has 0 saturated carbocycles. The van der Waals surface area contributed by atoms with Crippen LogP contribution >= 0.6 is 0 Å². The molecular formula is C11H17NO. The lowest BCUT2D eigenvalue weighted by Gasteiger charge is -2.21. The van der Waals surface area contributed by atoms with E-state index in [4.69, 9.17) is 0 Å². The van der Waals surface area contributed by atoms with Crippen molar-refractivity contribution in [1.82, 2.24) is 4.57 Å². The molecule has 13 heavy (non-hydrogen) atoms. The Morgan fingerprint density at radius 2 is 2.00 bits per heavy atom. The smallest absolute Gasteiger partial charge is 0.181 e. The fraction of sp³-hybridized carbons (Fsp3) is 0.545. The Bertz CT molecular complexity index is 344. The van der Waals surface area contributed by atoms with Gasteiger partial charge in [-0.2, -0.15) is 0 Å². The lowest BCUT2D eigenvalue weighted by Crippen LogP contribution is -2.18. The van der Waals surface area contributed by atoms with Crippen molar-refractivity contribution in [3.05, 3.63) is 34.2 Å². The number of nitrogens with zero attached hydrogens (tertiary/aromatic N) is 1. The van der Waals surface area contributed by atoms with E-state index in [0.717, 1.165) is 12.2 Å². The minimum Gasteiger partial charge on any atom is -0.351 e. The van der Waals surface area contributed by atoms with Gasteiger partial charge in [-0.25, -0.2) is 0 Å². The quantitative estimate of drug-likeness (QED) is 0.647. The molecule has 1 aromatic heterocycles. The highest BCUT2D eigenvalue weighted by molar-refractivity contribution is 5.04. The molecule has 0 saturated heterocycles. The van der Waals surface area contributed by atoms with Crippen LogP contribution < -0.4 is 5.43 Å². The van der Waals surface area contributed by atoms with E-state index in [0.29, 0.717) is 0 Å². The third-order valence-electron chi connectivity index (χ3n) is 1.87. The number of pyridine rings is 1. The first kappa shape index (κ1) is 10.0. The molecule has 0 fully saturated rings. The van der Waals surface area contributed by atoms with E-state index < -0.39 is 0 Å². The van der Waals surface area contributed by atoms with Crippen LogP contribution in [0.2, 0.25) is 0 Å². The highest BCUT2D eigenvalue weighted by atomic mass is 16.1. The van der Waals surface area contributed by atoms with Crippen molar-refractivity contribution in [3.8, 4) is 0 Å². The molecule has 2 heteroatoms. The van der Waals surface area contributed by atoms with Gasteiger partial charge in [0.25, 0.3) is 0 Å². The van der Waals surface area contributed by atoms with Crippen LogP contribution in [0.3, 0.4) is 0 Å². The van der Waals surface area contributed by atoms with Crippen molar-refractivity contribution >= 4 is 0 Å². The number of aromatic nitrogens is 1. The molecule has 0 aliphatic rings. The van der Waals surface area contributed by atoms with Crippen molar-refractivity contribution in [2.75, 3.05) is 0 Å². The van der Waals surface area contributed by atoms with Crippen LogP contribution in [0.15, 0.2) is 23.1 Å².